The van der Waals surface area contributed by atoms with Crippen LogP contribution in [0.3, 0.4) is 0 Å². The SMILES string of the molecule is O=C(O)CCCSc1n[nH]c(COc2ccccc2)n1. The standard InChI is InChI=1S/C13H15N3O3S/c17-12(18)7-4-8-20-13-14-11(15-16-13)9-19-10-5-2-1-3-6-10/h1-3,5-6H,4,7-9H2,(H,17,18)(H,14,15,16). The third-order valence-electron chi connectivity index (χ3n) is 2.40. The first-order chi connectivity index (χ1) is 9.74. The van der Waals surface area contributed by atoms with Gasteiger partial charge in [-0.3, -0.25) is 9.89 Å². The molecule has 0 radical (unpaired) electrons. The van der Waals surface area contributed by atoms with Crippen LogP contribution in [0.15, 0.2) is 35.5 Å². The van der Waals surface area contributed by atoms with Crippen LogP contribution in [0.2, 0.25) is 0 Å². The fraction of sp³-hybridized carbons (Fsp3) is 0.308. The van der Waals surface area contributed by atoms with E-state index in [4.69, 9.17) is 9.84 Å². The normalized spacial score (nSPS) is 10.4. The van der Waals surface area contributed by atoms with E-state index in [-0.39, 0.29) is 6.42 Å². The van der Waals surface area contributed by atoms with E-state index in [1.807, 2.05) is 30.3 Å². The minimum absolute atomic E-state index is 0.168. The second kappa shape index (κ2) is 7.54. The number of nitrogens with one attached hydrogen (secondary N) is 1. The van der Waals surface area contributed by atoms with Gasteiger partial charge in [-0.1, -0.05) is 30.0 Å². The number of carboxylic acids is 1. The molecule has 0 fully saturated rings. The van der Waals surface area contributed by atoms with Gasteiger partial charge >= 0.3 is 5.97 Å². The fourth-order valence-electron chi connectivity index (χ4n) is 1.46. The molecule has 0 atom stereocenters. The molecule has 2 rings (SSSR count). The van der Waals surface area contributed by atoms with Gasteiger partial charge < -0.3 is 9.84 Å². The third kappa shape index (κ3) is 4.93. The van der Waals surface area contributed by atoms with Gasteiger partial charge in [-0.05, 0) is 18.6 Å². The molecule has 2 N–H and O–H groups in total. The lowest BCUT2D eigenvalue weighted by Crippen LogP contribution is -1.97. The van der Waals surface area contributed by atoms with Crippen LogP contribution in [-0.2, 0) is 11.4 Å². The number of carboxylic acid groups (broad SMARTS) is 1. The maximum Gasteiger partial charge on any atom is 0.303 e. The van der Waals surface area contributed by atoms with Gasteiger partial charge in [0.05, 0.1) is 0 Å². The number of aromatic amines is 1. The highest BCUT2D eigenvalue weighted by Crippen LogP contribution is 2.15. The minimum atomic E-state index is -0.780. The summed E-state index contributed by atoms with van der Waals surface area (Å²) in [7, 11) is 0. The Labute approximate surface area is 120 Å². The molecule has 0 aliphatic carbocycles. The van der Waals surface area contributed by atoms with Crippen molar-refractivity contribution in [3.05, 3.63) is 36.2 Å². The van der Waals surface area contributed by atoms with E-state index in [1.165, 1.54) is 11.8 Å². The Morgan fingerprint density at radius 2 is 2.15 bits per heavy atom. The molecule has 2 aromatic rings. The first-order valence-electron chi connectivity index (χ1n) is 6.18. The molecule has 0 bridgehead atoms. The third-order valence-corrected chi connectivity index (χ3v) is 3.33. The number of nitrogens with zero attached hydrogens (tertiary/aromatic N) is 2. The number of rotatable bonds is 8. The molecule has 0 aliphatic heterocycles. The van der Waals surface area contributed by atoms with Crippen molar-refractivity contribution in [2.75, 3.05) is 5.75 Å². The quantitative estimate of drug-likeness (QED) is 0.573. The van der Waals surface area contributed by atoms with E-state index in [2.05, 4.69) is 15.2 Å². The summed E-state index contributed by atoms with van der Waals surface area (Å²) in [6.07, 6.45) is 0.770. The zero-order valence-corrected chi connectivity index (χ0v) is 11.6. The number of carbonyl (C=O) groups is 1. The predicted molar refractivity (Wildman–Crippen MR) is 74.8 cm³/mol. The Morgan fingerprint density at radius 3 is 2.90 bits per heavy atom. The average Bonchev–Trinajstić information content (AvgIpc) is 2.90. The van der Waals surface area contributed by atoms with Gasteiger partial charge in [0.15, 0.2) is 5.82 Å². The fourth-order valence-corrected chi connectivity index (χ4v) is 2.22. The molecule has 106 valence electrons. The number of para-hydroxylation sites is 1. The minimum Gasteiger partial charge on any atom is -0.486 e. The number of H-pyrrole nitrogens is 1. The monoisotopic (exact) mass is 293 g/mol. The second-order valence-corrected chi connectivity index (χ2v) is 5.07. The van der Waals surface area contributed by atoms with Gasteiger partial charge in [-0.25, -0.2) is 4.98 Å². The first kappa shape index (κ1) is 14.4. The van der Waals surface area contributed by atoms with Crippen molar-refractivity contribution in [1.82, 2.24) is 15.2 Å². The van der Waals surface area contributed by atoms with Crippen LogP contribution in [0.1, 0.15) is 18.7 Å². The van der Waals surface area contributed by atoms with Crippen molar-refractivity contribution < 1.29 is 14.6 Å². The molecule has 0 amide bonds. The average molecular weight is 293 g/mol. The van der Waals surface area contributed by atoms with Crippen molar-refractivity contribution in [2.45, 2.75) is 24.6 Å². The summed E-state index contributed by atoms with van der Waals surface area (Å²) in [4.78, 5) is 14.6. The van der Waals surface area contributed by atoms with E-state index < -0.39 is 5.97 Å². The van der Waals surface area contributed by atoms with Gasteiger partial charge in [0.25, 0.3) is 0 Å². The van der Waals surface area contributed by atoms with Crippen molar-refractivity contribution in [2.24, 2.45) is 0 Å². The molecular weight excluding hydrogens is 278 g/mol. The van der Waals surface area contributed by atoms with Crippen molar-refractivity contribution >= 4 is 17.7 Å². The lowest BCUT2D eigenvalue weighted by molar-refractivity contribution is -0.137. The summed E-state index contributed by atoms with van der Waals surface area (Å²) in [5, 5.41) is 16.0. The molecular formula is C13H15N3O3S. The van der Waals surface area contributed by atoms with Crippen LogP contribution >= 0.6 is 11.8 Å². The predicted octanol–water partition coefficient (Wildman–Crippen LogP) is 2.34. The van der Waals surface area contributed by atoms with Crippen LogP contribution in [-0.4, -0.2) is 32.0 Å². The summed E-state index contributed by atoms with van der Waals surface area (Å²) in [5.74, 6) is 1.33. The van der Waals surface area contributed by atoms with Crippen LogP contribution in [0.25, 0.3) is 0 Å². The molecule has 0 saturated heterocycles. The van der Waals surface area contributed by atoms with Gasteiger partial charge in [-0.2, -0.15) is 0 Å². The van der Waals surface area contributed by atoms with Gasteiger partial charge in [0.2, 0.25) is 5.16 Å². The Kier molecular flexibility index (Phi) is 5.43. The molecule has 7 heteroatoms. The summed E-state index contributed by atoms with van der Waals surface area (Å²) in [6, 6.07) is 9.47. The Bertz CT molecular complexity index is 545. The molecule has 0 saturated carbocycles. The number of benzene rings is 1. The van der Waals surface area contributed by atoms with Crippen molar-refractivity contribution in [1.29, 1.82) is 0 Å². The lowest BCUT2D eigenvalue weighted by atomic mass is 10.3. The summed E-state index contributed by atoms with van der Waals surface area (Å²) >= 11 is 1.43. The van der Waals surface area contributed by atoms with E-state index >= 15 is 0 Å². The second-order valence-electron chi connectivity index (χ2n) is 4.01. The summed E-state index contributed by atoms with van der Waals surface area (Å²) in [6.45, 7) is 0.326. The zero-order valence-electron chi connectivity index (χ0n) is 10.8. The maximum atomic E-state index is 10.4. The van der Waals surface area contributed by atoms with Gasteiger partial charge in [0, 0.05) is 12.2 Å². The highest BCUT2D eigenvalue weighted by atomic mass is 32.2. The number of aliphatic carboxylic acids is 1. The molecule has 0 unspecified atom stereocenters. The van der Waals surface area contributed by atoms with Gasteiger partial charge in [-0.15, -0.1) is 5.10 Å². The highest BCUT2D eigenvalue weighted by molar-refractivity contribution is 7.99. The van der Waals surface area contributed by atoms with Crippen molar-refractivity contribution in [3.8, 4) is 5.75 Å². The number of aromatic nitrogens is 3. The van der Waals surface area contributed by atoms with E-state index in [1.54, 1.807) is 0 Å². The van der Waals surface area contributed by atoms with Gasteiger partial charge in [0.1, 0.15) is 12.4 Å². The summed E-state index contributed by atoms with van der Waals surface area (Å²) < 4.78 is 5.54. The van der Waals surface area contributed by atoms with Crippen molar-refractivity contribution in [3.63, 3.8) is 0 Å². The number of hydrogen-bond donors (Lipinski definition) is 2. The van der Waals surface area contributed by atoms with Crippen LogP contribution in [0, 0.1) is 0 Å². The number of thioether (sulfide) groups is 1. The molecule has 0 aliphatic rings. The van der Waals surface area contributed by atoms with Crippen LogP contribution < -0.4 is 4.74 Å². The largest absolute Gasteiger partial charge is 0.486 e. The van der Waals surface area contributed by atoms with E-state index in [0.717, 1.165) is 5.75 Å². The maximum absolute atomic E-state index is 10.4. The molecule has 20 heavy (non-hydrogen) atoms. The molecule has 1 heterocycles. The van der Waals surface area contributed by atoms with Crippen LogP contribution in [0.4, 0.5) is 0 Å². The molecule has 1 aromatic heterocycles. The molecule has 0 spiro atoms. The molecule has 1 aromatic carbocycles. The van der Waals surface area contributed by atoms with Crippen LogP contribution in [0.5, 0.6) is 5.75 Å². The zero-order chi connectivity index (χ0) is 14.2. The number of hydrogen-bond acceptors (Lipinski definition) is 5. The lowest BCUT2D eigenvalue weighted by Gasteiger charge is -2.02. The smallest absolute Gasteiger partial charge is 0.303 e. The first-order valence-corrected chi connectivity index (χ1v) is 7.16. The topological polar surface area (TPSA) is 88.1 Å². The number of ether oxygens (including phenoxy) is 1. The summed E-state index contributed by atoms with van der Waals surface area (Å²) in [5.41, 5.74) is 0. The Hall–Kier alpha value is -2.02. The highest BCUT2D eigenvalue weighted by Gasteiger charge is 2.05. The Morgan fingerprint density at radius 1 is 1.35 bits per heavy atom. The Balaban J connectivity index is 1.73. The molecule has 6 nitrogen and oxygen atoms in total. The van der Waals surface area contributed by atoms with E-state index in [9.17, 15) is 4.79 Å². The van der Waals surface area contributed by atoms with E-state index in [0.29, 0.717) is 29.8 Å².